The standard InChI is InChI=1S/C15H21FN2O2/c1-2-11-6-7-12(9-14(11)16)17-15(20)18-8-4-3-5-13(18)10-19/h6-7,9,13,19H,2-5,8,10H2,1H3,(H,17,20). The van der Waals surface area contributed by atoms with E-state index < -0.39 is 0 Å². The largest absolute Gasteiger partial charge is 0.394 e. The summed E-state index contributed by atoms with van der Waals surface area (Å²) in [6.07, 6.45) is 3.40. The summed E-state index contributed by atoms with van der Waals surface area (Å²) < 4.78 is 13.7. The number of halogens is 1. The summed E-state index contributed by atoms with van der Waals surface area (Å²) in [6.45, 7) is 2.49. The zero-order valence-electron chi connectivity index (χ0n) is 11.7. The van der Waals surface area contributed by atoms with E-state index in [4.69, 9.17) is 0 Å². The number of aliphatic hydroxyl groups is 1. The molecule has 4 nitrogen and oxygen atoms in total. The molecule has 5 heteroatoms. The van der Waals surface area contributed by atoms with Crippen LogP contribution in [0.15, 0.2) is 18.2 Å². The molecule has 2 N–H and O–H groups in total. The summed E-state index contributed by atoms with van der Waals surface area (Å²) in [5.41, 5.74) is 1.08. The molecule has 1 aliphatic heterocycles. The molecule has 0 spiro atoms. The van der Waals surface area contributed by atoms with Gasteiger partial charge in [-0.15, -0.1) is 0 Å². The minimum Gasteiger partial charge on any atom is -0.394 e. The molecule has 1 aliphatic rings. The molecular weight excluding hydrogens is 259 g/mol. The first-order valence-electron chi connectivity index (χ1n) is 7.12. The molecule has 1 atom stereocenters. The quantitative estimate of drug-likeness (QED) is 0.894. The minimum atomic E-state index is -0.303. The van der Waals surface area contributed by atoms with Crippen molar-refractivity contribution in [1.82, 2.24) is 4.90 Å². The predicted molar refractivity (Wildman–Crippen MR) is 76.2 cm³/mol. The number of nitrogens with zero attached hydrogens (tertiary/aromatic N) is 1. The maximum Gasteiger partial charge on any atom is 0.322 e. The van der Waals surface area contributed by atoms with Gasteiger partial charge in [0.2, 0.25) is 0 Å². The molecule has 1 heterocycles. The maximum atomic E-state index is 13.7. The number of rotatable bonds is 3. The summed E-state index contributed by atoms with van der Waals surface area (Å²) in [5, 5.41) is 12.0. The van der Waals surface area contributed by atoms with E-state index in [1.165, 1.54) is 6.07 Å². The lowest BCUT2D eigenvalue weighted by Gasteiger charge is -2.34. The fourth-order valence-electron chi connectivity index (χ4n) is 2.56. The van der Waals surface area contributed by atoms with Crippen LogP contribution in [-0.4, -0.2) is 35.2 Å². The van der Waals surface area contributed by atoms with Gasteiger partial charge in [-0.25, -0.2) is 9.18 Å². The second kappa shape index (κ2) is 6.70. The van der Waals surface area contributed by atoms with Crippen LogP contribution in [0.3, 0.4) is 0 Å². The number of hydrogen-bond donors (Lipinski definition) is 2. The van der Waals surface area contributed by atoms with E-state index in [0.29, 0.717) is 24.2 Å². The molecule has 1 saturated heterocycles. The molecule has 2 amide bonds. The van der Waals surface area contributed by atoms with Crippen LogP contribution >= 0.6 is 0 Å². The molecule has 1 fully saturated rings. The molecule has 0 aliphatic carbocycles. The number of aryl methyl sites for hydroxylation is 1. The smallest absolute Gasteiger partial charge is 0.322 e. The Morgan fingerprint density at radius 2 is 2.30 bits per heavy atom. The Morgan fingerprint density at radius 3 is 2.95 bits per heavy atom. The van der Waals surface area contributed by atoms with Crippen molar-refractivity contribution in [1.29, 1.82) is 0 Å². The van der Waals surface area contributed by atoms with Crippen LogP contribution in [-0.2, 0) is 6.42 Å². The van der Waals surface area contributed by atoms with Crippen LogP contribution in [0.4, 0.5) is 14.9 Å². The van der Waals surface area contributed by atoms with Crippen LogP contribution in [0.5, 0.6) is 0 Å². The monoisotopic (exact) mass is 280 g/mol. The Kier molecular flexibility index (Phi) is 4.95. The van der Waals surface area contributed by atoms with Gasteiger partial charge in [-0.05, 0) is 43.4 Å². The van der Waals surface area contributed by atoms with Crippen molar-refractivity contribution in [3.8, 4) is 0 Å². The van der Waals surface area contributed by atoms with Crippen molar-refractivity contribution in [2.24, 2.45) is 0 Å². The molecular formula is C15H21FN2O2. The number of piperidine rings is 1. The van der Waals surface area contributed by atoms with Gasteiger partial charge in [-0.1, -0.05) is 13.0 Å². The molecule has 2 rings (SSSR count). The second-order valence-electron chi connectivity index (χ2n) is 5.12. The van der Waals surface area contributed by atoms with Crippen molar-refractivity contribution in [3.63, 3.8) is 0 Å². The predicted octanol–water partition coefficient (Wildman–Crippen LogP) is 2.77. The fraction of sp³-hybridized carbons (Fsp3) is 0.533. The van der Waals surface area contributed by atoms with Gasteiger partial charge < -0.3 is 15.3 Å². The molecule has 20 heavy (non-hydrogen) atoms. The minimum absolute atomic E-state index is 0.0312. The zero-order valence-corrected chi connectivity index (χ0v) is 11.7. The van der Waals surface area contributed by atoms with Gasteiger partial charge in [0.05, 0.1) is 12.6 Å². The summed E-state index contributed by atoms with van der Waals surface area (Å²) in [4.78, 5) is 13.8. The molecule has 0 radical (unpaired) electrons. The van der Waals surface area contributed by atoms with Crippen LogP contribution in [0.1, 0.15) is 31.7 Å². The molecule has 0 saturated carbocycles. The van der Waals surface area contributed by atoms with Gasteiger partial charge in [0.15, 0.2) is 0 Å². The Morgan fingerprint density at radius 1 is 1.50 bits per heavy atom. The summed E-state index contributed by atoms with van der Waals surface area (Å²) >= 11 is 0. The van der Waals surface area contributed by atoms with Gasteiger partial charge in [0.1, 0.15) is 5.82 Å². The van der Waals surface area contributed by atoms with Crippen molar-refractivity contribution >= 4 is 11.7 Å². The van der Waals surface area contributed by atoms with E-state index in [2.05, 4.69) is 5.32 Å². The van der Waals surface area contributed by atoms with Crippen molar-refractivity contribution < 1.29 is 14.3 Å². The Bertz CT molecular complexity index is 479. The normalized spacial score (nSPS) is 18.9. The van der Waals surface area contributed by atoms with E-state index in [1.54, 1.807) is 17.0 Å². The van der Waals surface area contributed by atoms with Gasteiger partial charge in [-0.2, -0.15) is 0 Å². The number of urea groups is 1. The van der Waals surface area contributed by atoms with Crippen molar-refractivity contribution in [3.05, 3.63) is 29.6 Å². The number of amides is 2. The molecule has 1 unspecified atom stereocenters. The molecule has 1 aromatic rings. The van der Waals surface area contributed by atoms with Crippen LogP contribution < -0.4 is 5.32 Å². The van der Waals surface area contributed by atoms with Gasteiger partial charge in [0, 0.05) is 12.2 Å². The van der Waals surface area contributed by atoms with Crippen LogP contribution in [0.2, 0.25) is 0 Å². The molecule has 110 valence electrons. The topological polar surface area (TPSA) is 52.6 Å². The number of hydrogen-bond acceptors (Lipinski definition) is 2. The lowest BCUT2D eigenvalue weighted by atomic mass is 10.0. The first kappa shape index (κ1) is 14.8. The molecule has 0 aromatic heterocycles. The molecule has 0 bridgehead atoms. The Labute approximate surface area is 118 Å². The highest BCUT2D eigenvalue weighted by Gasteiger charge is 2.26. The molecule has 1 aromatic carbocycles. The number of carbonyl (C=O) groups is 1. The highest BCUT2D eigenvalue weighted by atomic mass is 19.1. The fourth-order valence-corrected chi connectivity index (χ4v) is 2.56. The van der Waals surface area contributed by atoms with E-state index >= 15 is 0 Å². The average molecular weight is 280 g/mol. The highest BCUT2D eigenvalue weighted by Crippen LogP contribution is 2.19. The number of aliphatic hydroxyl groups excluding tert-OH is 1. The van der Waals surface area contributed by atoms with E-state index in [-0.39, 0.29) is 24.5 Å². The SMILES string of the molecule is CCc1ccc(NC(=O)N2CCCCC2CO)cc1F. The van der Waals surface area contributed by atoms with Gasteiger partial charge in [-0.3, -0.25) is 0 Å². The highest BCUT2D eigenvalue weighted by molar-refractivity contribution is 5.89. The van der Waals surface area contributed by atoms with E-state index in [0.717, 1.165) is 19.3 Å². The summed E-state index contributed by atoms with van der Waals surface area (Å²) in [5.74, 6) is -0.303. The maximum absolute atomic E-state index is 13.7. The third-order valence-corrected chi connectivity index (χ3v) is 3.78. The first-order chi connectivity index (χ1) is 9.65. The van der Waals surface area contributed by atoms with E-state index in [1.807, 2.05) is 6.92 Å². The summed E-state index contributed by atoms with van der Waals surface area (Å²) in [6, 6.07) is 4.33. The number of likely N-dealkylation sites (tertiary alicyclic amines) is 1. The lowest BCUT2D eigenvalue weighted by Crippen LogP contribution is -2.47. The third kappa shape index (κ3) is 3.28. The van der Waals surface area contributed by atoms with Crippen LogP contribution in [0.25, 0.3) is 0 Å². The van der Waals surface area contributed by atoms with Crippen molar-refractivity contribution in [2.75, 3.05) is 18.5 Å². The average Bonchev–Trinajstić information content (AvgIpc) is 2.47. The van der Waals surface area contributed by atoms with Crippen molar-refractivity contribution in [2.45, 2.75) is 38.6 Å². The number of nitrogens with one attached hydrogen (secondary N) is 1. The lowest BCUT2D eigenvalue weighted by molar-refractivity contribution is 0.115. The second-order valence-corrected chi connectivity index (χ2v) is 5.12. The third-order valence-electron chi connectivity index (χ3n) is 3.78. The first-order valence-corrected chi connectivity index (χ1v) is 7.12. The summed E-state index contributed by atoms with van der Waals surface area (Å²) in [7, 11) is 0. The zero-order chi connectivity index (χ0) is 14.5. The van der Waals surface area contributed by atoms with Gasteiger partial charge in [0.25, 0.3) is 0 Å². The number of carbonyl (C=O) groups excluding carboxylic acids is 1. The van der Waals surface area contributed by atoms with Crippen LogP contribution in [0, 0.1) is 5.82 Å². The number of benzene rings is 1. The number of anilines is 1. The van der Waals surface area contributed by atoms with Gasteiger partial charge >= 0.3 is 6.03 Å². The Balaban J connectivity index is 2.05. The van der Waals surface area contributed by atoms with E-state index in [9.17, 15) is 14.3 Å². The Hall–Kier alpha value is -1.62.